The quantitative estimate of drug-likeness (QED) is 0.479. The zero-order chi connectivity index (χ0) is 20.1. The molecule has 4 nitrogen and oxygen atoms in total. The Kier molecular flexibility index (Phi) is 6.18. The molecule has 1 N–H and O–H groups in total. The first-order chi connectivity index (χ1) is 13.3. The van der Waals surface area contributed by atoms with Crippen LogP contribution in [0.25, 0.3) is 10.9 Å². The Morgan fingerprint density at radius 3 is 2.46 bits per heavy atom. The monoisotopic (exact) mass is 405 g/mol. The van der Waals surface area contributed by atoms with Crippen molar-refractivity contribution >= 4 is 28.6 Å². The van der Waals surface area contributed by atoms with E-state index in [2.05, 4.69) is 15.3 Å². The van der Waals surface area contributed by atoms with E-state index in [0.29, 0.717) is 11.9 Å². The first-order valence-corrected chi connectivity index (χ1v) is 9.61. The van der Waals surface area contributed by atoms with Gasteiger partial charge in [-0.15, -0.1) is 0 Å². The average molecular weight is 405 g/mol. The van der Waals surface area contributed by atoms with Gasteiger partial charge in [0.15, 0.2) is 0 Å². The predicted octanol–water partition coefficient (Wildman–Crippen LogP) is 4.66. The zero-order valence-corrected chi connectivity index (χ0v) is 15.8. The highest BCUT2D eigenvalue weighted by molar-refractivity contribution is 8.00. The third kappa shape index (κ3) is 5.01. The molecule has 1 amide bonds. The summed E-state index contributed by atoms with van der Waals surface area (Å²) in [6, 6.07) is 16.2. The number of carbonyl (C=O) groups is 1. The summed E-state index contributed by atoms with van der Waals surface area (Å²) in [5.74, 6) is -1.36. The Morgan fingerprint density at radius 1 is 1.07 bits per heavy atom. The van der Waals surface area contributed by atoms with Crippen LogP contribution in [0.15, 0.2) is 59.6 Å². The molecule has 146 valence electrons. The van der Waals surface area contributed by atoms with E-state index in [1.165, 1.54) is 6.07 Å². The molecule has 3 rings (SSSR count). The second-order valence-corrected chi connectivity index (χ2v) is 7.24. The third-order valence-corrected chi connectivity index (χ3v) is 5.13. The van der Waals surface area contributed by atoms with Gasteiger partial charge in [0.2, 0.25) is 11.7 Å². The molecule has 1 atom stereocenters. The van der Waals surface area contributed by atoms with Crippen molar-refractivity contribution < 1.29 is 18.0 Å². The van der Waals surface area contributed by atoms with Crippen LogP contribution in [-0.2, 0) is 11.0 Å². The molecular formula is C20H18F3N3OS. The minimum absolute atomic E-state index is 0.0280. The number of alkyl halides is 3. The number of rotatable bonds is 6. The smallest absolute Gasteiger partial charge is 0.355 e. The summed E-state index contributed by atoms with van der Waals surface area (Å²) >= 11 is 0.973. The number of nitrogens with one attached hydrogen (secondary N) is 1. The number of carbonyl (C=O) groups excluding carboxylic acids is 1. The molecule has 0 fully saturated rings. The second kappa shape index (κ2) is 8.60. The maximum absolute atomic E-state index is 13.1. The molecule has 0 saturated carbocycles. The summed E-state index contributed by atoms with van der Waals surface area (Å²) in [7, 11) is 0. The topological polar surface area (TPSA) is 54.9 Å². The van der Waals surface area contributed by atoms with Crippen molar-refractivity contribution in [1.82, 2.24) is 15.3 Å². The van der Waals surface area contributed by atoms with Gasteiger partial charge in [0, 0.05) is 11.9 Å². The van der Waals surface area contributed by atoms with Crippen molar-refractivity contribution in [3.05, 3.63) is 66.0 Å². The van der Waals surface area contributed by atoms with Gasteiger partial charge < -0.3 is 5.32 Å². The number of aromatic nitrogens is 2. The van der Waals surface area contributed by atoms with Crippen LogP contribution in [0.4, 0.5) is 13.2 Å². The summed E-state index contributed by atoms with van der Waals surface area (Å²) < 4.78 is 39.2. The molecule has 0 radical (unpaired) electrons. The van der Waals surface area contributed by atoms with E-state index >= 15 is 0 Å². The van der Waals surface area contributed by atoms with E-state index in [9.17, 15) is 18.0 Å². The number of hydrogen-bond acceptors (Lipinski definition) is 4. The number of thioether (sulfide) groups is 1. The minimum Gasteiger partial charge on any atom is -0.355 e. The van der Waals surface area contributed by atoms with Crippen molar-refractivity contribution in [2.24, 2.45) is 0 Å². The number of para-hydroxylation sites is 1. The van der Waals surface area contributed by atoms with Gasteiger partial charge in [-0.1, -0.05) is 67.2 Å². The molecule has 0 spiro atoms. The minimum atomic E-state index is -4.65. The molecule has 2 aromatic carbocycles. The van der Waals surface area contributed by atoms with E-state index < -0.39 is 12.0 Å². The molecule has 8 heteroatoms. The van der Waals surface area contributed by atoms with Gasteiger partial charge in [0.1, 0.15) is 5.03 Å². The first-order valence-electron chi connectivity index (χ1n) is 8.63. The first kappa shape index (κ1) is 20.1. The van der Waals surface area contributed by atoms with Gasteiger partial charge in [-0.3, -0.25) is 4.79 Å². The van der Waals surface area contributed by atoms with Crippen molar-refractivity contribution in [2.45, 2.75) is 24.0 Å². The number of halogens is 3. The van der Waals surface area contributed by atoms with Crippen LogP contribution in [-0.4, -0.2) is 28.2 Å². The van der Waals surface area contributed by atoms with Crippen LogP contribution in [0.2, 0.25) is 0 Å². The Morgan fingerprint density at radius 2 is 1.75 bits per heavy atom. The highest BCUT2D eigenvalue weighted by atomic mass is 32.2. The molecule has 3 aromatic rings. The molecule has 0 aliphatic carbocycles. The second-order valence-electron chi connectivity index (χ2n) is 6.27. The number of nitrogens with zero attached hydrogens (tertiary/aromatic N) is 2. The van der Waals surface area contributed by atoms with Crippen LogP contribution >= 0.6 is 11.8 Å². The molecule has 1 heterocycles. The van der Waals surface area contributed by atoms with Crippen molar-refractivity contribution in [2.75, 3.05) is 12.3 Å². The summed E-state index contributed by atoms with van der Waals surface area (Å²) in [5, 5.41) is 3.45. The molecule has 0 bridgehead atoms. The molecule has 0 aliphatic rings. The number of benzene rings is 2. The van der Waals surface area contributed by atoms with Crippen LogP contribution in [0.3, 0.4) is 0 Å². The molecular weight excluding hydrogens is 387 g/mol. The Bertz CT molecular complexity index is 964. The van der Waals surface area contributed by atoms with Crippen molar-refractivity contribution in [3.8, 4) is 0 Å². The maximum atomic E-state index is 13.1. The van der Waals surface area contributed by atoms with Crippen LogP contribution in [0.1, 0.15) is 24.2 Å². The zero-order valence-electron chi connectivity index (χ0n) is 15.0. The molecule has 28 heavy (non-hydrogen) atoms. The fourth-order valence-corrected chi connectivity index (χ4v) is 3.48. The van der Waals surface area contributed by atoms with E-state index in [1.54, 1.807) is 18.2 Å². The fourth-order valence-electron chi connectivity index (χ4n) is 2.64. The predicted molar refractivity (Wildman–Crippen MR) is 103 cm³/mol. The lowest BCUT2D eigenvalue weighted by molar-refractivity contribution is -0.145. The van der Waals surface area contributed by atoms with Gasteiger partial charge in [0.05, 0.1) is 11.3 Å². The largest absolute Gasteiger partial charge is 0.451 e. The van der Waals surface area contributed by atoms with Gasteiger partial charge in [-0.2, -0.15) is 13.2 Å². The average Bonchev–Trinajstić information content (AvgIpc) is 2.70. The highest BCUT2D eigenvalue weighted by Crippen LogP contribution is 2.31. The maximum Gasteiger partial charge on any atom is 0.451 e. The van der Waals surface area contributed by atoms with Gasteiger partial charge >= 0.3 is 6.18 Å². The lowest BCUT2D eigenvalue weighted by Gasteiger charge is -2.13. The summed E-state index contributed by atoms with van der Waals surface area (Å²) in [4.78, 5) is 19.4. The lowest BCUT2D eigenvalue weighted by atomic mass is 10.0. The van der Waals surface area contributed by atoms with E-state index in [4.69, 9.17) is 0 Å². The van der Waals surface area contributed by atoms with Gasteiger partial charge in [-0.25, -0.2) is 9.97 Å². The standard InChI is InChI=1S/C20H18F3N3OS/c1-13(14-7-3-2-4-8-14)11-24-17(27)12-28-18-15-9-5-6-10-16(15)25-19(26-18)20(21,22)23/h2-10,13H,11-12H2,1H3,(H,24,27)/t13-/m1/s1. The highest BCUT2D eigenvalue weighted by Gasteiger charge is 2.35. The Labute approximate surface area is 164 Å². The summed E-state index contributed by atoms with van der Waals surface area (Å²) in [6.45, 7) is 2.44. The molecule has 0 saturated heterocycles. The summed E-state index contributed by atoms with van der Waals surface area (Å²) in [5.41, 5.74) is 1.30. The molecule has 1 aromatic heterocycles. The van der Waals surface area contributed by atoms with Gasteiger partial charge in [0.25, 0.3) is 0 Å². The molecule has 0 unspecified atom stereocenters. The summed E-state index contributed by atoms with van der Waals surface area (Å²) in [6.07, 6.45) is -4.65. The lowest BCUT2D eigenvalue weighted by Crippen LogP contribution is -2.29. The van der Waals surface area contributed by atoms with E-state index in [-0.39, 0.29) is 28.1 Å². The van der Waals surface area contributed by atoms with Crippen LogP contribution < -0.4 is 5.32 Å². The molecule has 0 aliphatic heterocycles. The van der Waals surface area contributed by atoms with Crippen molar-refractivity contribution in [3.63, 3.8) is 0 Å². The normalized spacial score (nSPS) is 12.7. The Balaban J connectivity index is 1.66. The van der Waals surface area contributed by atoms with Crippen molar-refractivity contribution in [1.29, 1.82) is 0 Å². The number of amides is 1. The SMILES string of the molecule is C[C@H](CNC(=O)CSc1nc(C(F)(F)F)nc2ccccc12)c1ccccc1. The fraction of sp³-hybridized carbons (Fsp3) is 0.250. The van der Waals surface area contributed by atoms with E-state index in [1.807, 2.05) is 37.3 Å². The van der Waals surface area contributed by atoms with Crippen LogP contribution in [0.5, 0.6) is 0 Å². The van der Waals surface area contributed by atoms with E-state index in [0.717, 1.165) is 17.3 Å². The van der Waals surface area contributed by atoms with Gasteiger partial charge in [-0.05, 0) is 17.5 Å². The number of fused-ring (bicyclic) bond motifs is 1. The van der Waals surface area contributed by atoms with Crippen LogP contribution in [0, 0.1) is 0 Å². The number of hydrogen-bond donors (Lipinski definition) is 1. The Hall–Kier alpha value is -2.61. The third-order valence-electron chi connectivity index (χ3n) is 4.14.